The first-order valence-electron chi connectivity index (χ1n) is 10.3. The van der Waals surface area contributed by atoms with Crippen molar-refractivity contribution in [2.24, 2.45) is 0 Å². The van der Waals surface area contributed by atoms with E-state index < -0.39 is 0 Å². The third-order valence-electron chi connectivity index (χ3n) is 6.34. The molecule has 2 heterocycles. The van der Waals surface area contributed by atoms with Gasteiger partial charge in [-0.05, 0) is 35.4 Å². The lowest BCUT2D eigenvalue weighted by molar-refractivity contribution is -1.02. The Labute approximate surface area is 161 Å². The van der Waals surface area contributed by atoms with Gasteiger partial charge in [0.1, 0.15) is 26.2 Å². The highest BCUT2D eigenvalue weighted by Gasteiger charge is 2.36. The molecule has 2 aromatic rings. The number of rotatable bonds is 5. The lowest BCUT2D eigenvalue weighted by atomic mass is 10.0. The van der Waals surface area contributed by atoms with E-state index in [0.717, 1.165) is 18.9 Å². The minimum atomic E-state index is 0.213. The maximum atomic E-state index is 4.55. The molecule has 0 radical (unpaired) electrons. The number of nitrogens with zero attached hydrogens (tertiary/aromatic N) is 5. The molecule has 0 bridgehead atoms. The Morgan fingerprint density at radius 1 is 1.04 bits per heavy atom. The number of aromatic nitrogens is 4. The molecule has 0 unspecified atom stereocenters. The molecule has 2 N–H and O–H groups in total. The summed E-state index contributed by atoms with van der Waals surface area (Å²) in [6, 6.07) is 9.65. The molecule has 146 valence electrons. The molecule has 1 aliphatic heterocycles. The summed E-state index contributed by atoms with van der Waals surface area (Å²) in [4.78, 5) is 5.36. The Bertz CT molecular complexity index is 725. The van der Waals surface area contributed by atoms with E-state index in [2.05, 4.69) is 70.5 Å². The molecule has 0 spiro atoms. The number of hydrogen-bond acceptors (Lipinski definition) is 4. The van der Waals surface area contributed by atoms with Gasteiger partial charge in [-0.1, -0.05) is 25.0 Å². The van der Waals surface area contributed by atoms with Crippen molar-refractivity contribution in [3.05, 3.63) is 35.7 Å². The number of benzene rings is 1. The molecule has 2 aliphatic rings. The van der Waals surface area contributed by atoms with Gasteiger partial charge < -0.3 is 14.7 Å². The first-order valence-corrected chi connectivity index (χ1v) is 10.3. The van der Waals surface area contributed by atoms with Crippen LogP contribution in [0.15, 0.2) is 24.3 Å². The van der Waals surface area contributed by atoms with Gasteiger partial charge in [0.2, 0.25) is 5.82 Å². The molecule has 7 nitrogen and oxygen atoms in total. The second-order valence-corrected chi connectivity index (χ2v) is 8.45. The summed E-state index contributed by atoms with van der Waals surface area (Å²) >= 11 is 0. The van der Waals surface area contributed by atoms with Gasteiger partial charge in [-0.25, -0.2) is 4.68 Å². The predicted octanol–water partition coefficient (Wildman–Crippen LogP) is -0.643. The van der Waals surface area contributed by atoms with Crippen LogP contribution in [0.5, 0.6) is 0 Å². The zero-order chi connectivity index (χ0) is 18.8. The van der Waals surface area contributed by atoms with E-state index in [0.29, 0.717) is 6.04 Å². The third-order valence-corrected chi connectivity index (χ3v) is 6.34. The zero-order valence-corrected chi connectivity index (χ0v) is 16.9. The number of nitrogens with one attached hydrogen (secondary N) is 2. The summed E-state index contributed by atoms with van der Waals surface area (Å²) < 4.78 is 2.15. The van der Waals surface area contributed by atoms with Crippen LogP contribution < -0.4 is 14.7 Å². The number of hydrogen-bond donors (Lipinski definition) is 2. The smallest absolute Gasteiger partial charge is 0.214 e. The maximum absolute atomic E-state index is 4.55. The average molecular weight is 372 g/mol. The second-order valence-electron chi connectivity index (χ2n) is 8.45. The van der Waals surface area contributed by atoms with Gasteiger partial charge in [-0.15, -0.1) is 5.10 Å². The molecule has 1 saturated carbocycles. The minimum Gasteiger partial charge on any atom is -0.378 e. The number of piperazine rings is 1. The summed E-state index contributed by atoms with van der Waals surface area (Å²) in [7, 11) is 6.46. The first kappa shape index (κ1) is 18.4. The maximum Gasteiger partial charge on any atom is 0.214 e. The normalized spacial score (nSPS) is 24.9. The van der Waals surface area contributed by atoms with Crippen molar-refractivity contribution in [3.63, 3.8) is 0 Å². The molecular formula is C20H33N7+2. The molecule has 27 heavy (non-hydrogen) atoms. The molecule has 1 aromatic carbocycles. The SMILES string of the molecule is CN(C)c1ccc([C@H](c2nnnn2C2CCCC2)[NH+]2CC[NH+](C)CC2)cc1. The molecule has 7 heteroatoms. The average Bonchev–Trinajstić information content (AvgIpc) is 3.35. The fourth-order valence-electron chi connectivity index (χ4n) is 4.62. The molecule has 1 aliphatic carbocycles. The molecule has 1 aromatic heterocycles. The highest BCUT2D eigenvalue weighted by Crippen LogP contribution is 2.31. The van der Waals surface area contributed by atoms with Gasteiger partial charge in [-0.3, -0.25) is 0 Å². The van der Waals surface area contributed by atoms with Crippen LogP contribution in [0, 0.1) is 0 Å². The molecular weight excluding hydrogens is 338 g/mol. The standard InChI is InChI=1S/C20H31N7/c1-24(2)17-10-8-16(9-11-17)19(26-14-12-25(3)13-15-26)20-21-22-23-27(20)18-6-4-5-7-18/h8-11,18-19H,4-7,12-15H2,1-3H3/p+2/t19-/m1/s1. The van der Waals surface area contributed by atoms with Crippen molar-refractivity contribution < 1.29 is 9.80 Å². The Hall–Kier alpha value is -1.99. The van der Waals surface area contributed by atoms with Gasteiger partial charge >= 0.3 is 0 Å². The van der Waals surface area contributed by atoms with Crippen molar-refractivity contribution in [2.45, 2.75) is 37.8 Å². The predicted molar refractivity (Wildman–Crippen MR) is 105 cm³/mol. The van der Waals surface area contributed by atoms with E-state index in [9.17, 15) is 0 Å². The van der Waals surface area contributed by atoms with E-state index in [1.807, 2.05) is 0 Å². The molecule has 2 fully saturated rings. The van der Waals surface area contributed by atoms with Crippen LogP contribution in [0.3, 0.4) is 0 Å². The lowest BCUT2D eigenvalue weighted by Gasteiger charge is -2.33. The Kier molecular flexibility index (Phi) is 5.41. The highest BCUT2D eigenvalue weighted by atomic mass is 15.6. The van der Waals surface area contributed by atoms with Crippen molar-refractivity contribution in [3.8, 4) is 0 Å². The molecule has 1 saturated heterocycles. The van der Waals surface area contributed by atoms with Crippen LogP contribution in [0.1, 0.15) is 49.2 Å². The third kappa shape index (κ3) is 3.84. The fourth-order valence-corrected chi connectivity index (χ4v) is 4.62. The minimum absolute atomic E-state index is 0.213. The molecule has 4 rings (SSSR count). The number of quaternary nitrogens is 2. The highest BCUT2D eigenvalue weighted by molar-refractivity contribution is 5.46. The summed E-state index contributed by atoms with van der Waals surface area (Å²) in [6.45, 7) is 4.71. The van der Waals surface area contributed by atoms with E-state index in [4.69, 9.17) is 0 Å². The van der Waals surface area contributed by atoms with Crippen LogP contribution in [0.4, 0.5) is 5.69 Å². The quantitative estimate of drug-likeness (QED) is 0.734. The van der Waals surface area contributed by atoms with Crippen LogP contribution in [-0.4, -0.2) is 67.5 Å². The van der Waals surface area contributed by atoms with Gasteiger partial charge in [-0.2, -0.15) is 0 Å². The van der Waals surface area contributed by atoms with Crippen molar-refractivity contribution >= 4 is 5.69 Å². The van der Waals surface area contributed by atoms with Crippen LogP contribution in [-0.2, 0) is 0 Å². The summed E-state index contributed by atoms with van der Waals surface area (Å²) in [6.07, 6.45) is 4.98. The second kappa shape index (κ2) is 7.94. The Morgan fingerprint density at radius 2 is 1.70 bits per heavy atom. The Morgan fingerprint density at radius 3 is 2.33 bits per heavy atom. The molecule has 1 atom stereocenters. The van der Waals surface area contributed by atoms with Crippen LogP contribution >= 0.6 is 0 Å². The largest absolute Gasteiger partial charge is 0.378 e. The topological polar surface area (TPSA) is 55.7 Å². The van der Waals surface area contributed by atoms with Crippen molar-refractivity contribution in [1.82, 2.24) is 20.2 Å². The Balaban J connectivity index is 1.69. The monoisotopic (exact) mass is 371 g/mol. The van der Waals surface area contributed by atoms with Crippen LogP contribution in [0.25, 0.3) is 0 Å². The zero-order valence-electron chi connectivity index (χ0n) is 16.9. The number of anilines is 1. The summed E-state index contributed by atoms with van der Waals surface area (Å²) in [5.41, 5.74) is 2.55. The van der Waals surface area contributed by atoms with E-state index in [-0.39, 0.29) is 6.04 Å². The lowest BCUT2D eigenvalue weighted by Crippen LogP contribution is -3.27. The fraction of sp³-hybridized carbons (Fsp3) is 0.650. The van der Waals surface area contributed by atoms with Gasteiger partial charge in [0.25, 0.3) is 0 Å². The van der Waals surface area contributed by atoms with E-state index >= 15 is 0 Å². The summed E-state index contributed by atoms with van der Waals surface area (Å²) in [5.74, 6) is 1.05. The van der Waals surface area contributed by atoms with Gasteiger partial charge in [0, 0.05) is 25.3 Å². The van der Waals surface area contributed by atoms with Gasteiger partial charge in [0.05, 0.1) is 13.1 Å². The molecule has 0 amide bonds. The number of tetrazole rings is 1. The summed E-state index contributed by atoms with van der Waals surface area (Å²) in [5, 5.41) is 13.1. The van der Waals surface area contributed by atoms with Crippen molar-refractivity contribution in [1.29, 1.82) is 0 Å². The van der Waals surface area contributed by atoms with Gasteiger partial charge in [0.15, 0.2) is 6.04 Å². The van der Waals surface area contributed by atoms with E-state index in [1.165, 1.54) is 50.0 Å². The number of likely N-dealkylation sites (N-methyl/N-ethyl adjacent to an activating group) is 1. The van der Waals surface area contributed by atoms with E-state index in [1.54, 1.807) is 9.80 Å². The first-order chi connectivity index (χ1) is 13.1. The van der Waals surface area contributed by atoms with Crippen molar-refractivity contribution in [2.75, 3.05) is 52.2 Å². The van der Waals surface area contributed by atoms with Crippen LogP contribution in [0.2, 0.25) is 0 Å².